The normalized spacial score (nSPS) is 12.8. The van der Waals surface area contributed by atoms with Crippen LogP contribution in [0.2, 0.25) is 0 Å². The number of hydrogen-bond acceptors (Lipinski definition) is 3. The largest absolute Gasteiger partial charge is 0.478 e. The molecule has 0 saturated heterocycles. The number of carboxylic acid groups (broad SMARTS) is 1. The zero-order valence-corrected chi connectivity index (χ0v) is 13.5. The van der Waals surface area contributed by atoms with E-state index in [9.17, 15) is 13.2 Å². The number of nitrogens with one attached hydrogen (secondary N) is 1. The lowest BCUT2D eigenvalue weighted by atomic mass is 10.0. The van der Waals surface area contributed by atoms with E-state index < -0.39 is 21.5 Å². The maximum atomic E-state index is 12.5. The van der Waals surface area contributed by atoms with Crippen LogP contribution in [-0.4, -0.2) is 25.0 Å². The summed E-state index contributed by atoms with van der Waals surface area (Å²) in [7, 11) is -3.65. The van der Waals surface area contributed by atoms with Gasteiger partial charge in [-0.05, 0) is 50.5 Å². The van der Waals surface area contributed by atoms with E-state index in [1.807, 2.05) is 20.8 Å². The standard InChI is InChI=1S/C15H21NO4S/c1-5-15(3,4)16-21(19,20)13-10-12(7-6-11(13)2)8-9-14(17)18/h6-10,16H,5H2,1-4H3,(H,17,18). The molecule has 0 aliphatic carbocycles. The number of aryl methyl sites for hydroxylation is 1. The van der Waals surface area contributed by atoms with Crippen molar-refractivity contribution in [3.63, 3.8) is 0 Å². The number of benzene rings is 1. The Labute approximate surface area is 125 Å². The third-order valence-corrected chi connectivity index (χ3v) is 5.05. The topological polar surface area (TPSA) is 83.5 Å². The van der Waals surface area contributed by atoms with Gasteiger partial charge in [-0.25, -0.2) is 17.9 Å². The molecule has 0 heterocycles. The molecular weight excluding hydrogens is 290 g/mol. The molecule has 1 aromatic rings. The summed E-state index contributed by atoms with van der Waals surface area (Å²) in [4.78, 5) is 10.7. The first-order valence-corrected chi connectivity index (χ1v) is 8.11. The number of sulfonamides is 1. The molecule has 0 fully saturated rings. The first kappa shape index (κ1) is 17.4. The molecule has 0 aliphatic rings. The summed E-state index contributed by atoms with van der Waals surface area (Å²) < 4.78 is 27.6. The highest BCUT2D eigenvalue weighted by molar-refractivity contribution is 7.89. The van der Waals surface area contributed by atoms with Crippen molar-refractivity contribution >= 4 is 22.1 Å². The van der Waals surface area contributed by atoms with Crippen molar-refractivity contribution in [1.29, 1.82) is 0 Å². The molecule has 1 rings (SSSR count). The monoisotopic (exact) mass is 311 g/mol. The van der Waals surface area contributed by atoms with Crippen molar-refractivity contribution < 1.29 is 18.3 Å². The summed E-state index contributed by atoms with van der Waals surface area (Å²) in [5, 5.41) is 8.63. The lowest BCUT2D eigenvalue weighted by Gasteiger charge is -2.24. The van der Waals surface area contributed by atoms with Crippen LogP contribution in [0, 0.1) is 6.92 Å². The minimum Gasteiger partial charge on any atom is -0.478 e. The highest BCUT2D eigenvalue weighted by atomic mass is 32.2. The van der Waals surface area contributed by atoms with Crippen molar-refractivity contribution in [3.8, 4) is 0 Å². The van der Waals surface area contributed by atoms with Crippen LogP contribution in [0.3, 0.4) is 0 Å². The summed E-state index contributed by atoms with van der Waals surface area (Å²) in [6, 6.07) is 4.82. The first-order chi connectivity index (χ1) is 9.57. The van der Waals surface area contributed by atoms with Crippen LogP contribution in [0.1, 0.15) is 38.3 Å². The van der Waals surface area contributed by atoms with E-state index in [0.717, 1.165) is 6.08 Å². The maximum absolute atomic E-state index is 12.5. The van der Waals surface area contributed by atoms with E-state index >= 15 is 0 Å². The molecule has 0 unspecified atom stereocenters. The molecule has 6 heteroatoms. The molecule has 0 aromatic heterocycles. The van der Waals surface area contributed by atoms with E-state index in [1.165, 1.54) is 12.1 Å². The highest BCUT2D eigenvalue weighted by Gasteiger charge is 2.25. The Bertz CT molecular complexity index is 660. The van der Waals surface area contributed by atoms with Gasteiger partial charge in [-0.1, -0.05) is 19.1 Å². The molecule has 0 aliphatic heterocycles. The Morgan fingerprint density at radius 2 is 2.00 bits per heavy atom. The first-order valence-electron chi connectivity index (χ1n) is 6.63. The van der Waals surface area contributed by atoms with Crippen LogP contribution in [-0.2, 0) is 14.8 Å². The van der Waals surface area contributed by atoms with Gasteiger partial charge in [-0.15, -0.1) is 0 Å². The van der Waals surface area contributed by atoms with Crippen molar-refractivity contribution in [2.45, 2.75) is 44.6 Å². The summed E-state index contributed by atoms with van der Waals surface area (Å²) in [6.07, 6.45) is 3.00. The summed E-state index contributed by atoms with van der Waals surface area (Å²) in [6.45, 7) is 7.24. The highest BCUT2D eigenvalue weighted by Crippen LogP contribution is 2.21. The van der Waals surface area contributed by atoms with Crippen LogP contribution in [0.15, 0.2) is 29.2 Å². The fraction of sp³-hybridized carbons (Fsp3) is 0.400. The lowest BCUT2D eigenvalue weighted by molar-refractivity contribution is -0.131. The van der Waals surface area contributed by atoms with E-state index in [4.69, 9.17) is 5.11 Å². The second-order valence-electron chi connectivity index (χ2n) is 5.54. The van der Waals surface area contributed by atoms with Gasteiger partial charge < -0.3 is 5.11 Å². The molecular formula is C15H21NO4S. The summed E-state index contributed by atoms with van der Waals surface area (Å²) in [5.41, 5.74) is 0.595. The van der Waals surface area contributed by atoms with Crippen molar-refractivity contribution in [1.82, 2.24) is 4.72 Å². The second kappa shape index (κ2) is 6.41. The average molecular weight is 311 g/mol. The van der Waals surface area contributed by atoms with Gasteiger partial charge in [0.1, 0.15) is 0 Å². The fourth-order valence-electron chi connectivity index (χ4n) is 1.67. The fourth-order valence-corrected chi connectivity index (χ4v) is 3.43. The van der Waals surface area contributed by atoms with E-state index in [0.29, 0.717) is 17.5 Å². The quantitative estimate of drug-likeness (QED) is 0.791. The Hall–Kier alpha value is -1.66. The Morgan fingerprint density at radius 3 is 2.52 bits per heavy atom. The SMILES string of the molecule is CCC(C)(C)NS(=O)(=O)c1cc(C=CC(=O)O)ccc1C. The predicted octanol–water partition coefficient (Wildman–Crippen LogP) is 2.56. The molecule has 1 aromatic carbocycles. The van der Waals surface area contributed by atoms with Crippen LogP contribution >= 0.6 is 0 Å². The molecule has 0 saturated carbocycles. The molecule has 5 nitrogen and oxygen atoms in total. The van der Waals surface area contributed by atoms with Crippen LogP contribution in [0.4, 0.5) is 0 Å². The molecule has 0 amide bonds. The van der Waals surface area contributed by atoms with E-state index in [1.54, 1.807) is 19.1 Å². The number of hydrogen-bond donors (Lipinski definition) is 2. The predicted molar refractivity (Wildman–Crippen MR) is 82.5 cm³/mol. The molecule has 116 valence electrons. The molecule has 0 bridgehead atoms. The minimum atomic E-state index is -3.65. The minimum absolute atomic E-state index is 0.163. The Morgan fingerprint density at radius 1 is 1.38 bits per heavy atom. The van der Waals surface area contributed by atoms with Gasteiger partial charge in [0.15, 0.2) is 0 Å². The molecule has 0 spiro atoms. The maximum Gasteiger partial charge on any atom is 0.328 e. The van der Waals surface area contributed by atoms with Gasteiger partial charge in [0, 0.05) is 11.6 Å². The summed E-state index contributed by atoms with van der Waals surface area (Å²) >= 11 is 0. The molecule has 2 N–H and O–H groups in total. The molecule has 0 radical (unpaired) electrons. The van der Waals surface area contributed by atoms with Crippen molar-refractivity contribution in [3.05, 3.63) is 35.4 Å². The average Bonchev–Trinajstić information content (AvgIpc) is 2.36. The summed E-state index contributed by atoms with van der Waals surface area (Å²) in [5.74, 6) is -1.08. The zero-order chi connectivity index (χ0) is 16.3. The third kappa shape index (κ3) is 4.99. The Kier molecular flexibility index (Phi) is 5.31. The number of rotatable bonds is 6. The van der Waals surface area contributed by atoms with Gasteiger partial charge in [-0.3, -0.25) is 0 Å². The molecule has 21 heavy (non-hydrogen) atoms. The third-order valence-electron chi connectivity index (χ3n) is 3.21. The van der Waals surface area contributed by atoms with E-state index in [-0.39, 0.29) is 4.90 Å². The van der Waals surface area contributed by atoms with Gasteiger partial charge in [0.2, 0.25) is 10.0 Å². The zero-order valence-electron chi connectivity index (χ0n) is 12.7. The Balaban J connectivity index is 3.23. The van der Waals surface area contributed by atoms with Gasteiger partial charge >= 0.3 is 5.97 Å². The van der Waals surface area contributed by atoms with Gasteiger partial charge in [-0.2, -0.15) is 0 Å². The van der Waals surface area contributed by atoms with E-state index in [2.05, 4.69) is 4.72 Å². The van der Waals surface area contributed by atoms with Crippen molar-refractivity contribution in [2.24, 2.45) is 0 Å². The second-order valence-corrected chi connectivity index (χ2v) is 7.19. The van der Waals surface area contributed by atoms with Crippen LogP contribution < -0.4 is 4.72 Å². The number of carboxylic acids is 1. The van der Waals surface area contributed by atoms with Gasteiger partial charge in [0.05, 0.1) is 4.90 Å². The lowest BCUT2D eigenvalue weighted by Crippen LogP contribution is -2.42. The smallest absolute Gasteiger partial charge is 0.328 e. The van der Waals surface area contributed by atoms with Gasteiger partial charge in [0.25, 0.3) is 0 Å². The van der Waals surface area contributed by atoms with Crippen molar-refractivity contribution in [2.75, 3.05) is 0 Å². The molecule has 0 atom stereocenters. The number of carbonyl (C=O) groups is 1. The number of aliphatic carboxylic acids is 1. The van der Waals surface area contributed by atoms with Crippen LogP contribution in [0.25, 0.3) is 6.08 Å². The van der Waals surface area contributed by atoms with Crippen LogP contribution in [0.5, 0.6) is 0 Å².